The molecule has 0 aliphatic rings. The normalized spacial score (nSPS) is 10.7. The second-order valence-corrected chi connectivity index (χ2v) is 8.99. The van der Waals surface area contributed by atoms with Gasteiger partial charge in [0.1, 0.15) is 22.3 Å². The summed E-state index contributed by atoms with van der Waals surface area (Å²) >= 11 is 0. The lowest BCUT2D eigenvalue weighted by molar-refractivity contribution is 0.657. The topological polar surface area (TPSA) is 26.3 Å². The van der Waals surface area contributed by atoms with Gasteiger partial charge in [-0.2, -0.15) is 0 Å². The molecule has 0 spiro atoms. The van der Waals surface area contributed by atoms with Crippen molar-refractivity contribution in [3.05, 3.63) is 96.1 Å². The van der Waals surface area contributed by atoms with E-state index in [2.05, 4.69) is 88.4 Å². The monoisotopic (exact) mass is 480 g/mol. The van der Waals surface area contributed by atoms with Crippen LogP contribution in [-0.2, 0) is 0 Å². The number of furan rings is 2. The molecule has 6 rings (SSSR count). The Labute approximate surface area is 215 Å². The first-order valence-corrected chi connectivity index (χ1v) is 13.3. The average molecular weight is 481 g/mol. The molecule has 0 fully saturated rings. The maximum Gasteiger partial charge on any atom is 0.138 e. The predicted octanol–water partition coefficient (Wildman–Crippen LogP) is 11.5. The molecule has 0 aliphatic heterocycles. The molecule has 0 unspecified atom stereocenters. The van der Waals surface area contributed by atoms with Gasteiger partial charge in [-0.3, -0.25) is 0 Å². The summed E-state index contributed by atoms with van der Waals surface area (Å²) in [7, 11) is 0. The van der Waals surface area contributed by atoms with E-state index in [1.54, 1.807) is 0 Å². The van der Waals surface area contributed by atoms with E-state index in [1.807, 2.05) is 52.0 Å². The van der Waals surface area contributed by atoms with Crippen LogP contribution < -0.4 is 0 Å². The molecular weight excluding hydrogens is 440 g/mol. The van der Waals surface area contributed by atoms with Gasteiger partial charge < -0.3 is 8.83 Å². The second-order valence-electron chi connectivity index (χ2n) is 8.99. The summed E-state index contributed by atoms with van der Waals surface area (Å²) in [6.45, 7) is 16.8. The molecule has 6 aromatic rings. The van der Waals surface area contributed by atoms with Gasteiger partial charge in [-0.05, 0) is 47.2 Å². The molecule has 0 aliphatic carbocycles. The van der Waals surface area contributed by atoms with E-state index in [4.69, 9.17) is 8.83 Å². The lowest BCUT2D eigenvalue weighted by Crippen LogP contribution is -1.86. The minimum atomic E-state index is 0.490. The Hall–Kier alpha value is -3.52. The van der Waals surface area contributed by atoms with Crippen LogP contribution in [-0.4, -0.2) is 0 Å². The fourth-order valence-corrected chi connectivity index (χ4v) is 4.33. The van der Waals surface area contributed by atoms with Crippen molar-refractivity contribution >= 4 is 43.9 Å². The minimum absolute atomic E-state index is 0.490. The molecule has 2 heteroatoms. The Kier molecular flexibility index (Phi) is 9.36. The van der Waals surface area contributed by atoms with E-state index in [0.717, 1.165) is 22.3 Å². The summed E-state index contributed by atoms with van der Waals surface area (Å²) < 4.78 is 11.7. The van der Waals surface area contributed by atoms with Gasteiger partial charge in [-0.25, -0.2) is 0 Å². The third-order valence-electron chi connectivity index (χ3n) is 6.12. The Morgan fingerprint density at radius 2 is 1.00 bits per heavy atom. The Morgan fingerprint density at radius 1 is 0.472 bits per heavy atom. The van der Waals surface area contributed by atoms with Gasteiger partial charge in [0, 0.05) is 21.5 Å². The third kappa shape index (κ3) is 5.49. The summed E-state index contributed by atoms with van der Waals surface area (Å²) in [6.07, 6.45) is 0. The maximum absolute atomic E-state index is 5.94. The minimum Gasteiger partial charge on any atom is -0.456 e. The molecule has 2 nitrogen and oxygen atoms in total. The standard InChI is InChI=1S/2C15H14O.2C2H6/c1-10(2)11-7-5-8-13-12-6-3-4-9-14(12)16-15(11)13;1-10(2)11-7-8-15-13(9-11)12-5-3-4-6-14(12)16-15;2*1-2/h2*3-10H,1-2H3;2*1-2H3. The van der Waals surface area contributed by atoms with E-state index in [9.17, 15) is 0 Å². The Morgan fingerprint density at radius 3 is 1.61 bits per heavy atom. The van der Waals surface area contributed by atoms with Crippen LogP contribution in [0.5, 0.6) is 0 Å². The zero-order valence-corrected chi connectivity index (χ0v) is 23.1. The van der Waals surface area contributed by atoms with Gasteiger partial charge in [0.25, 0.3) is 0 Å². The highest BCUT2D eigenvalue weighted by atomic mass is 16.3. The third-order valence-corrected chi connectivity index (χ3v) is 6.12. The van der Waals surface area contributed by atoms with E-state index >= 15 is 0 Å². The van der Waals surface area contributed by atoms with Gasteiger partial charge in [-0.15, -0.1) is 0 Å². The van der Waals surface area contributed by atoms with Crippen LogP contribution in [0.3, 0.4) is 0 Å². The van der Waals surface area contributed by atoms with Gasteiger partial charge in [0.05, 0.1) is 0 Å². The largest absolute Gasteiger partial charge is 0.456 e. The number of hydrogen-bond donors (Lipinski definition) is 0. The van der Waals surface area contributed by atoms with Crippen molar-refractivity contribution in [2.24, 2.45) is 0 Å². The van der Waals surface area contributed by atoms with Crippen molar-refractivity contribution in [1.29, 1.82) is 0 Å². The van der Waals surface area contributed by atoms with E-state index in [0.29, 0.717) is 11.8 Å². The van der Waals surface area contributed by atoms with Crippen molar-refractivity contribution in [2.75, 3.05) is 0 Å². The Balaban J connectivity index is 0.000000177. The molecule has 4 aromatic carbocycles. The van der Waals surface area contributed by atoms with Crippen LogP contribution in [0.1, 0.15) is 78.4 Å². The van der Waals surface area contributed by atoms with Crippen molar-refractivity contribution in [3.8, 4) is 0 Å². The van der Waals surface area contributed by atoms with E-state index < -0.39 is 0 Å². The van der Waals surface area contributed by atoms with Gasteiger partial charge in [0.15, 0.2) is 0 Å². The first-order valence-electron chi connectivity index (χ1n) is 13.3. The summed E-state index contributed by atoms with van der Waals surface area (Å²) in [5, 5.41) is 4.86. The van der Waals surface area contributed by atoms with E-state index in [1.165, 1.54) is 32.7 Å². The molecule has 0 N–H and O–H groups in total. The van der Waals surface area contributed by atoms with E-state index in [-0.39, 0.29) is 0 Å². The molecule has 0 atom stereocenters. The van der Waals surface area contributed by atoms with Crippen molar-refractivity contribution < 1.29 is 8.83 Å². The molecule has 0 saturated carbocycles. The fourth-order valence-electron chi connectivity index (χ4n) is 4.33. The molecule has 0 saturated heterocycles. The lowest BCUT2D eigenvalue weighted by atomic mass is 10.0. The van der Waals surface area contributed by atoms with Gasteiger partial charge in [-0.1, -0.05) is 116 Å². The summed E-state index contributed by atoms with van der Waals surface area (Å²) in [6, 6.07) is 29.3. The van der Waals surface area contributed by atoms with Crippen molar-refractivity contribution in [1.82, 2.24) is 0 Å². The van der Waals surface area contributed by atoms with Crippen LogP contribution in [0, 0.1) is 0 Å². The predicted molar refractivity (Wildman–Crippen MR) is 158 cm³/mol. The fraction of sp³-hybridized carbons (Fsp3) is 0.294. The summed E-state index contributed by atoms with van der Waals surface area (Å²) in [4.78, 5) is 0. The van der Waals surface area contributed by atoms with Crippen LogP contribution in [0.4, 0.5) is 0 Å². The number of fused-ring (bicyclic) bond motifs is 6. The highest BCUT2D eigenvalue weighted by molar-refractivity contribution is 6.06. The van der Waals surface area contributed by atoms with Crippen LogP contribution in [0.25, 0.3) is 43.9 Å². The molecule has 0 bridgehead atoms. The molecule has 0 radical (unpaired) electrons. The van der Waals surface area contributed by atoms with Gasteiger partial charge >= 0.3 is 0 Å². The number of para-hydroxylation sites is 3. The first kappa shape index (κ1) is 27.1. The molecule has 2 aromatic heterocycles. The van der Waals surface area contributed by atoms with Crippen LogP contribution in [0.15, 0.2) is 93.8 Å². The Bertz CT molecular complexity index is 1520. The highest BCUT2D eigenvalue weighted by Crippen LogP contribution is 2.33. The van der Waals surface area contributed by atoms with Crippen molar-refractivity contribution in [2.45, 2.75) is 67.2 Å². The molecule has 188 valence electrons. The highest BCUT2D eigenvalue weighted by Gasteiger charge is 2.11. The van der Waals surface area contributed by atoms with Crippen LogP contribution in [0.2, 0.25) is 0 Å². The number of hydrogen-bond acceptors (Lipinski definition) is 2. The quantitative estimate of drug-likeness (QED) is 0.246. The SMILES string of the molecule is CC.CC.CC(C)c1ccc2oc3ccccc3c2c1.CC(C)c1cccc2c1oc1ccccc12. The summed E-state index contributed by atoms with van der Waals surface area (Å²) in [5.41, 5.74) is 6.61. The zero-order chi connectivity index (χ0) is 26.2. The summed E-state index contributed by atoms with van der Waals surface area (Å²) in [5.74, 6) is 1.04. The maximum atomic E-state index is 5.94. The first-order chi connectivity index (χ1) is 17.5. The molecule has 0 amide bonds. The lowest BCUT2D eigenvalue weighted by Gasteiger charge is -2.04. The molecule has 2 heterocycles. The number of rotatable bonds is 2. The molecule has 36 heavy (non-hydrogen) atoms. The average Bonchev–Trinajstić information content (AvgIpc) is 3.49. The van der Waals surface area contributed by atoms with Crippen molar-refractivity contribution in [3.63, 3.8) is 0 Å². The zero-order valence-electron chi connectivity index (χ0n) is 23.1. The second kappa shape index (κ2) is 12.4. The number of benzene rings is 4. The van der Waals surface area contributed by atoms with Gasteiger partial charge in [0.2, 0.25) is 0 Å². The molecular formula is C34H40O2. The smallest absolute Gasteiger partial charge is 0.138 e. The van der Waals surface area contributed by atoms with Crippen LogP contribution >= 0.6 is 0 Å².